The predicted molar refractivity (Wildman–Crippen MR) is 73.5 cm³/mol. The fraction of sp³-hybridized carbons (Fsp3) is 0.500. The Morgan fingerprint density at radius 3 is 2.74 bits per heavy atom. The van der Waals surface area contributed by atoms with Crippen LogP contribution in [0.4, 0.5) is 0 Å². The first-order chi connectivity index (χ1) is 8.91. The van der Waals surface area contributed by atoms with E-state index in [0.29, 0.717) is 36.7 Å². The SMILES string of the molecule is COc1ccc(CCC(=O)N2CC(C)(O)C2)cc1Cl. The molecule has 1 aliphatic rings. The summed E-state index contributed by atoms with van der Waals surface area (Å²) in [6.07, 6.45) is 1.07. The molecule has 1 aliphatic heterocycles. The van der Waals surface area contributed by atoms with Gasteiger partial charge in [-0.3, -0.25) is 4.79 Å². The lowest BCUT2D eigenvalue weighted by atomic mass is 9.96. The zero-order valence-electron chi connectivity index (χ0n) is 11.1. The van der Waals surface area contributed by atoms with E-state index in [1.165, 1.54) is 0 Å². The van der Waals surface area contributed by atoms with Crippen molar-refractivity contribution in [1.82, 2.24) is 4.90 Å². The van der Waals surface area contributed by atoms with Gasteiger partial charge >= 0.3 is 0 Å². The van der Waals surface area contributed by atoms with Gasteiger partial charge in [0.1, 0.15) is 5.75 Å². The molecule has 1 saturated heterocycles. The number of benzene rings is 1. The maximum atomic E-state index is 11.9. The highest BCUT2D eigenvalue weighted by Gasteiger charge is 2.38. The number of carbonyl (C=O) groups is 1. The molecule has 1 amide bonds. The molecule has 0 aliphatic carbocycles. The Labute approximate surface area is 117 Å². The second-order valence-corrected chi connectivity index (χ2v) is 5.62. The van der Waals surface area contributed by atoms with Crippen molar-refractivity contribution in [3.8, 4) is 5.75 Å². The summed E-state index contributed by atoms with van der Waals surface area (Å²) in [5, 5.41) is 10.1. The second kappa shape index (κ2) is 5.39. The van der Waals surface area contributed by atoms with Crippen molar-refractivity contribution in [2.45, 2.75) is 25.4 Å². The van der Waals surface area contributed by atoms with E-state index in [2.05, 4.69) is 0 Å². The summed E-state index contributed by atoms with van der Waals surface area (Å²) < 4.78 is 5.08. The summed E-state index contributed by atoms with van der Waals surface area (Å²) in [7, 11) is 1.57. The average Bonchev–Trinajstić information content (AvgIpc) is 2.33. The highest BCUT2D eigenvalue weighted by Crippen LogP contribution is 2.26. The zero-order chi connectivity index (χ0) is 14.0. The fourth-order valence-corrected chi connectivity index (χ4v) is 2.51. The Bertz CT molecular complexity index is 480. The minimum Gasteiger partial charge on any atom is -0.495 e. The number of halogens is 1. The summed E-state index contributed by atoms with van der Waals surface area (Å²) in [6, 6.07) is 5.53. The summed E-state index contributed by atoms with van der Waals surface area (Å²) in [6.45, 7) is 2.59. The van der Waals surface area contributed by atoms with Crippen LogP contribution in [0.1, 0.15) is 18.9 Å². The Morgan fingerprint density at radius 1 is 1.53 bits per heavy atom. The number of ether oxygens (including phenoxy) is 1. The van der Waals surface area contributed by atoms with E-state index in [1.807, 2.05) is 12.1 Å². The van der Waals surface area contributed by atoms with Gasteiger partial charge in [-0.2, -0.15) is 0 Å². The van der Waals surface area contributed by atoms with E-state index < -0.39 is 5.60 Å². The number of aliphatic hydroxyl groups is 1. The van der Waals surface area contributed by atoms with Crippen LogP contribution in [0, 0.1) is 0 Å². The van der Waals surface area contributed by atoms with Crippen LogP contribution in [-0.4, -0.2) is 41.7 Å². The zero-order valence-corrected chi connectivity index (χ0v) is 11.9. The van der Waals surface area contributed by atoms with E-state index in [4.69, 9.17) is 16.3 Å². The number of hydrogen-bond donors (Lipinski definition) is 1. The Kier molecular flexibility index (Phi) is 4.02. The summed E-state index contributed by atoms with van der Waals surface area (Å²) in [4.78, 5) is 13.5. The Hall–Kier alpha value is -1.26. The lowest BCUT2D eigenvalue weighted by Crippen LogP contribution is -2.61. The van der Waals surface area contributed by atoms with Gasteiger partial charge in [0, 0.05) is 6.42 Å². The molecule has 1 aromatic carbocycles. The van der Waals surface area contributed by atoms with Crippen molar-refractivity contribution in [1.29, 1.82) is 0 Å². The van der Waals surface area contributed by atoms with Gasteiger partial charge in [0.25, 0.3) is 0 Å². The number of nitrogens with zero attached hydrogens (tertiary/aromatic N) is 1. The lowest BCUT2D eigenvalue weighted by molar-refractivity contribution is -0.152. The molecule has 1 heterocycles. The highest BCUT2D eigenvalue weighted by molar-refractivity contribution is 6.32. The van der Waals surface area contributed by atoms with Crippen LogP contribution < -0.4 is 4.74 Å². The second-order valence-electron chi connectivity index (χ2n) is 5.22. The molecule has 0 unspecified atom stereocenters. The molecule has 0 radical (unpaired) electrons. The van der Waals surface area contributed by atoms with E-state index in [-0.39, 0.29) is 5.91 Å². The third kappa shape index (κ3) is 3.39. The van der Waals surface area contributed by atoms with Crippen LogP contribution in [0.25, 0.3) is 0 Å². The first kappa shape index (κ1) is 14.2. The highest BCUT2D eigenvalue weighted by atomic mass is 35.5. The molecular weight excluding hydrogens is 266 g/mol. The Balaban J connectivity index is 1.86. The summed E-state index contributed by atoms with van der Waals surface area (Å²) in [5.74, 6) is 0.703. The van der Waals surface area contributed by atoms with Crippen molar-refractivity contribution in [3.05, 3.63) is 28.8 Å². The summed E-state index contributed by atoms with van der Waals surface area (Å²) >= 11 is 6.03. The van der Waals surface area contributed by atoms with Crippen LogP contribution in [0.3, 0.4) is 0 Å². The van der Waals surface area contributed by atoms with Crippen LogP contribution in [0.15, 0.2) is 18.2 Å². The number of likely N-dealkylation sites (tertiary alicyclic amines) is 1. The number of methoxy groups -OCH3 is 1. The molecule has 1 aromatic rings. The number of hydrogen-bond acceptors (Lipinski definition) is 3. The average molecular weight is 284 g/mol. The topological polar surface area (TPSA) is 49.8 Å². The van der Waals surface area contributed by atoms with Gasteiger partial charge in [-0.1, -0.05) is 17.7 Å². The molecule has 0 aromatic heterocycles. The van der Waals surface area contributed by atoms with Gasteiger partial charge in [0.15, 0.2) is 0 Å². The minimum atomic E-state index is -0.709. The smallest absolute Gasteiger partial charge is 0.223 e. The van der Waals surface area contributed by atoms with E-state index in [9.17, 15) is 9.90 Å². The molecule has 4 nitrogen and oxygen atoms in total. The maximum absolute atomic E-state index is 11.9. The molecule has 104 valence electrons. The van der Waals surface area contributed by atoms with Gasteiger partial charge in [-0.25, -0.2) is 0 Å². The third-order valence-corrected chi connectivity index (χ3v) is 3.55. The van der Waals surface area contributed by atoms with Gasteiger partial charge in [-0.15, -0.1) is 0 Å². The predicted octanol–water partition coefficient (Wildman–Crippen LogP) is 1.87. The van der Waals surface area contributed by atoms with Crippen LogP contribution in [0.5, 0.6) is 5.75 Å². The van der Waals surface area contributed by atoms with Crippen molar-refractivity contribution in [2.75, 3.05) is 20.2 Å². The molecule has 1 N–H and O–H groups in total. The van der Waals surface area contributed by atoms with Gasteiger partial charge in [0.05, 0.1) is 30.8 Å². The first-order valence-corrected chi connectivity index (χ1v) is 6.62. The normalized spacial score (nSPS) is 16.9. The van der Waals surface area contributed by atoms with Crippen molar-refractivity contribution >= 4 is 17.5 Å². The molecule has 0 atom stereocenters. The molecule has 19 heavy (non-hydrogen) atoms. The molecular formula is C14H18ClNO3. The van der Waals surface area contributed by atoms with Gasteiger partial charge in [-0.05, 0) is 31.0 Å². The van der Waals surface area contributed by atoms with Crippen LogP contribution in [0.2, 0.25) is 5.02 Å². The molecule has 0 bridgehead atoms. The molecule has 0 spiro atoms. The molecule has 2 rings (SSSR count). The summed E-state index contributed by atoms with van der Waals surface area (Å²) in [5.41, 5.74) is 0.297. The molecule has 1 fully saturated rings. The maximum Gasteiger partial charge on any atom is 0.223 e. The Morgan fingerprint density at radius 2 is 2.21 bits per heavy atom. The standard InChI is InChI=1S/C14H18ClNO3/c1-14(18)8-16(9-14)13(17)6-4-10-3-5-12(19-2)11(15)7-10/h3,5,7,18H,4,6,8-9H2,1-2H3. The number of aryl methyl sites for hydroxylation is 1. The fourth-order valence-electron chi connectivity index (χ4n) is 2.23. The van der Waals surface area contributed by atoms with Crippen LogP contribution in [-0.2, 0) is 11.2 Å². The number of amides is 1. The number of rotatable bonds is 4. The quantitative estimate of drug-likeness (QED) is 0.918. The molecule has 0 saturated carbocycles. The number of carbonyl (C=O) groups excluding carboxylic acids is 1. The van der Waals surface area contributed by atoms with E-state index in [0.717, 1.165) is 5.56 Å². The third-order valence-electron chi connectivity index (χ3n) is 3.26. The largest absolute Gasteiger partial charge is 0.495 e. The van der Waals surface area contributed by atoms with E-state index in [1.54, 1.807) is 25.0 Å². The molecule has 5 heteroatoms. The van der Waals surface area contributed by atoms with Gasteiger partial charge in [0.2, 0.25) is 5.91 Å². The number of β-amino-alcohol motifs (C(OH)–C–C–N with tert-alkyl or cyclic N) is 1. The van der Waals surface area contributed by atoms with Crippen molar-refractivity contribution in [2.24, 2.45) is 0 Å². The van der Waals surface area contributed by atoms with Crippen molar-refractivity contribution in [3.63, 3.8) is 0 Å². The van der Waals surface area contributed by atoms with Crippen molar-refractivity contribution < 1.29 is 14.6 Å². The van der Waals surface area contributed by atoms with E-state index >= 15 is 0 Å². The first-order valence-electron chi connectivity index (χ1n) is 6.24. The monoisotopic (exact) mass is 283 g/mol. The van der Waals surface area contributed by atoms with Crippen LogP contribution >= 0.6 is 11.6 Å². The minimum absolute atomic E-state index is 0.0680. The lowest BCUT2D eigenvalue weighted by Gasteiger charge is -2.44. The van der Waals surface area contributed by atoms with Gasteiger partial charge < -0.3 is 14.7 Å².